The Hall–Kier alpha value is -1.32. The van der Waals surface area contributed by atoms with Crippen molar-refractivity contribution in [2.75, 3.05) is 13.7 Å². The van der Waals surface area contributed by atoms with Crippen LogP contribution in [0, 0.1) is 0 Å². The summed E-state index contributed by atoms with van der Waals surface area (Å²) in [6, 6.07) is 14.5. The van der Waals surface area contributed by atoms with Gasteiger partial charge in [0.15, 0.2) is 0 Å². The number of hydrogen-bond acceptors (Lipinski definition) is 2. The van der Waals surface area contributed by atoms with Crippen molar-refractivity contribution in [3.63, 3.8) is 0 Å². The van der Waals surface area contributed by atoms with Crippen LogP contribution in [0.2, 0.25) is 0 Å². The van der Waals surface area contributed by atoms with Gasteiger partial charge in [-0.15, -0.1) is 0 Å². The van der Waals surface area contributed by atoms with Gasteiger partial charge in [0.2, 0.25) is 0 Å². The number of hydrogen-bond donors (Lipinski definition) is 1. The second-order valence-electron chi connectivity index (χ2n) is 4.08. The van der Waals surface area contributed by atoms with Crippen molar-refractivity contribution in [2.24, 2.45) is 5.73 Å². The molecule has 0 spiro atoms. The second kappa shape index (κ2) is 6.03. The Labute approximate surface area is 116 Å². The highest BCUT2D eigenvalue weighted by Gasteiger charge is 2.06. The maximum atomic E-state index is 5.57. The van der Waals surface area contributed by atoms with Crippen LogP contribution in [-0.4, -0.2) is 13.7 Å². The highest BCUT2D eigenvalue weighted by molar-refractivity contribution is 9.10. The van der Waals surface area contributed by atoms with E-state index in [1.165, 1.54) is 5.56 Å². The van der Waals surface area contributed by atoms with Crippen LogP contribution in [0.15, 0.2) is 46.9 Å². The molecule has 0 heterocycles. The summed E-state index contributed by atoms with van der Waals surface area (Å²) in [6.07, 6.45) is 0.872. The standard InChI is InChI=1S/C15H16BrNO/c1-18-15-10-11(8-9-17)2-7-14(15)12-3-5-13(16)6-4-12/h2-7,10H,8-9,17H2,1H3. The van der Waals surface area contributed by atoms with Crippen molar-refractivity contribution in [3.05, 3.63) is 52.5 Å². The van der Waals surface area contributed by atoms with Gasteiger partial charge in [-0.05, 0) is 42.3 Å². The van der Waals surface area contributed by atoms with Gasteiger partial charge < -0.3 is 10.5 Å². The molecule has 2 aromatic carbocycles. The first kappa shape index (κ1) is 13.1. The quantitative estimate of drug-likeness (QED) is 0.936. The molecule has 2 nitrogen and oxygen atoms in total. The van der Waals surface area contributed by atoms with Crippen molar-refractivity contribution in [1.29, 1.82) is 0 Å². The predicted octanol–water partition coefficient (Wildman–Crippen LogP) is 3.63. The highest BCUT2D eigenvalue weighted by atomic mass is 79.9. The SMILES string of the molecule is COc1cc(CCN)ccc1-c1ccc(Br)cc1. The van der Waals surface area contributed by atoms with E-state index in [1.54, 1.807) is 7.11 Å². The molecule has 18 heavy (non-hydrogen) atoms. The van der Waals surface area contributed by atoms with E-state index in [4.69, 9.17) is 10.5 Å². The third-order valence-corrected chi connectivity index (χ3v) is 3.38. The molecule has 0 fully saturated rings. The first-order chi connectivity index (χ1) is 8.74. The van der Waals surface area contributed by atoms with Gasteiger partial charge in [-0.1, -0.05) is 40.2 Å². The van der Waals surface area contributed by atoms with Crippen LogP contribution in [0.1, 0.15) is 5.56 Å². The fourth-order valence-corrected chi connectivity index (χ4v) is 2.19. The maximum Gasteiger partial charge on any atom is 0.126 e. The van der Waals surface area contributed by atoms with Crippen LogP contribution < -0.4 is 10.5 Å². The molecule has 0 radical (unpaired) electrons. The molecule has 0 saturated carbocycles. The molecule has 0 aliphatic carbocycles. The first-order valence-corrected chi connectivity index (χ1v) is 6.67. The van der Waals surface area contributed by atoms with Gasteiger partial charge in [0.1, 0.15) is 5.75 Å². The van der Waals surface area contributed by atoms with Crippen LogP contribution in [0.4, 0.5) is 0 Å². The maximum absolute atomic E-state index is 5.57. The van der Waals surface area contributed by atoms with Crippen molar-refractivity contribution in [3.8, 4) is 16.9 Å². The zero-order valence-corrected chi connectivity index (χ0v) is 11.9. The van der Waals surface area contributed by atoms with Crippen LogP contribution >= 0.6 is 15.9 Å². The first-order valence-electron chi connectivity index (χ1n) is 5.87. The van der Waals surface area contributed by atoms with Crippen LogP contribution in [0.3, 0.4) is 0 Å². The monoisotopic (exact) mass is 305 g/mol. The number of methoxy groups -OCH3 is 1. The van der Waals surface area contributed by atoms with Crippen LogP contribution in [-0.2, 0) is 6.42 Å². The fraction of sp³-hybridized carbons (Fsp3) is 0.200. The van der Waals surface area contributed by atoms with Gasteiger partial charge in [0.25, 0.3) is 0 Å². The molecule has 0 aromatic heterocycles. The summed E-state index contributed by atoms with van der Waals surface area (Å²) in [7, 11) is 1.70. The van der Waals surface area contributed by atoms with Crippen molar-refractivity contribution in [1.82, 2.24) is 0 Å². The van der Waals surface area contributed by atoms with E-state index < -0.39 is 0 Å². The molecule has 2 N–H and O–H groups in total. The smallest absolute Gasteiger partial charge is 0.126 e. The molecular formula is C15H16BrNO. The lowest BCUT2D eigenvalue weighted by Crippen LogP contribution is -2.03. The normalized spacial score (nSPS) is 10.4. The molecule has 0 atom stereocenters. The Bertz CT molecular complexity index is 523. The summed E-state index contributed by atoms with van der Waals surface area (Å²) in [5.41, 5.74) is 9.03. The Morgan fingerprint density at radius 1 is 1.11 bits per heavy atom. The zero-order chi connectivity index (χ0) is 13.0. The van der Waals surface area contributed by atoms with Crippen molar-refractivity contribution < 1.29 is 4.74 Å². The number of ether oxygens (including phenoxy) is 1. The van der Waals surface area contributed by atoms with Gasteiger partial charge >= 0.3 is 0 Å². The van der Waals surface area contributed by atoms with Gasteiger partial charge in [0, 0.05) is 10.0 Å². The summed E-state index contributed by atoms with van der Waals surface area (Å²) < 4.78 is 6.54. The average Bonchev–Trinajstić information content (AvgIpc) is 2.40. The summed E-state index contributed by atoms with van der Waals surface area (Å²) in [5, 5.41) is 0. The molecule has 0 aliphatic rings. The summed E-state index contributed by atoms with van der Waals surface area (Å²) in [6.45, 7) is 0.654. The van der Waals surface area contributed by atoms with Crippen LogP contribution in [0.5, 0.6) is 5.75 Å². The van der Waals surface area contributed by atoms with E-state index in [-0.39, 0.29) is 0 Å². The minimum atomic E-state index is 0.654. The van der Waals surface area contributed by atoms with Crippen LogP contribution in [0.25, 0.3) is 11.1 Å². The predicted molar refractivity (Wildman–Crippen MR) is 78.9 cm³/mol. The second-order valence-corrected chi connectivity index (χ2v) is 5.00. The molecular weight excluding hydrogens is 290 g/mol. The fourth-order valence-electron chi connectivity index (χ4n) is 1.93. The molecule has 0 saturated heterocycles. The lowest BCUT2D eigenvalue weighted by molar-refractivity contribution is 0.416. The van der Waals surface area contributed by atoms with E-state index >= 15 is 0 Å². The third-order valence-electron chi connectivity index (χ3n) is 2.85. The lowest BCUT2D eigenvalue weighted by Gasteiger charge is -2.11. The van der Waals surface area contributed by atoms with E-state index in [0.29, 0.717) is 6.54 Å². The number of nitrogens with two attached hydrogens (primary N) is 1. The average molecular weight is 306 g/mol. The number of rotatable bonds is 4. The van der Waals surface area contributed by atoms with Gasteiger partial charge in [-0.3, -0.25) is 0 Å². The van der Waals surface area contributed by atoms with Crippen molar-refractivity contribution >= 4 is 15.9 Å². The number of halogens is 1. The Morgan fingerprint density at radius 2 is 1.83 bits per heavy atom. The van der Waals surface area contributed by atoms with E-state index in [1.807, 2.05) is 12.1 Å². The molecule has 2 aromatic rings. The number of benzene rings is 2. The van der Waals surface area contributed by atoms with Crippen molar-refractivity contribution in [2.45, 2.75) is 6.42 Å². The Kier molecular flexibility index (Phi) is 4.39. The minimum absolute atomic E-state index is 0.654. The van der Waals surface area contributed by atoms with E-state index in [9.17, 15) is 0 Å². The summed E-state index contributed by atoms with van der Waals surface area (Å²) in [5.74, 6) is 0.892. The molecule has 2 rings (SSSR count). The van der Waals surface area contributed by atoms with Gasteiger partial charge in [-0.2, -0.15) is 0 Å². The zero-order valence-electron chi connectivity index (χ0n) is 10.3. The Morgan fingerprint density at radius 3 is 2.44 bits per heavy atom. The highest BCUT2D eigenvalue weighted by Crippen LogP contribution is 2.31. The van der Waals surface area contributed by atoms with Gasteiger partial charge in [0.05, 0.1) is 7.11 Å². The lowest BCUT2D eigenvalue weighted by atomic mass is 10.0. The topological polar surface area (TPSA) is 35.2 Å². The summed E-state index contributed by atoms with van der Waals surface area (Å²) in [4.78, 5) is 0. The van der Waals surface area contributed by atoms with E-state index in [2.05, 4.69) is 46.3 Å². The Balaban J connectivity index is 2.40. The molecule has 0 amide bonds. The molecule has 0 aliphatic heterocycles. The van der Waals surface area contributed by atoms with Gasteiger partial charge in [-0.25, -0.2) is 0 Å². The molecule has 0 unspecified atom stereocenters. The van der Waals surface area contributed by atoms with E-state index in [0.717, 1.165) is 27.8 Å². The molecule has 0 bridgehead atoms. The summed E-state index contributed by atoms with van der Waals surface area (Å²) >= 11 is 3.44. The third kappa shape index (κ3) is 2.92. The largest absolute Gasteiger partial charge is 0.496 e. The minimum Gasteiger partial charge on any atom is -0.496 e. The molecule has 94 valence electrons. The molecule has 3 heteroatoms.